The van der Waals surface area contributed by atoms with Gasteiger partial charge in [-0.3, -0.25) is 0 Å². The first-order valence-corrected chi connectivity index (χ1v) is 5.48. The Hall–Kier alpha value is -1.60. The summed E-state index contributed by atoms with van der Waals surface area (Å²) in [5.74, 6) is 0. The van der Waals surface area contributed by atoms with Crippen molar-refractivity contribution in [3.05, 3.63) is 60.2 Å². The van der Waals surface area contributed by atoms with Crippen molar-refractivity contribution >= 4 is 10.8 Å². The number of aliphatic hydroxyl groups is 1. The van der Waals surface area contributed by atoms with E-state index in [1.807, 2.05) is 19.1 Å². The molecule has 0 amide bonds. The van der Waals surface area contributed by atoms with Gasteiger partial charge in [0.15, 0.2) is 0 Å². The molecule has 0 heterocycles. The molecular formula is C15H16O. The molecule has 0 saturated carbocycles. The van der Waals surface area contributed by atoms with Gasteiger partial charge in [0.2, 0.25) is 0 Å². The maximum Gasteiger partial charge on any atom is 0.0785 e. The molecule has 0 saturated heterocycles. The molecule has 0 fully saturated rings. The zero-order valence-corrected chi connectivity index (χ0v) is 9.48. The van der Waals surface area contributed by atoms with E-state index in [1.54, 1.807) is 0 Å². The number of hydrogen-bond donors (Lipinski definition) is 1. The normalized spacial score (nSPS) is 12.6. The molecule has 2 rings (SSSR count). The van der Waals surface area contributed by atoms with Crippen molar-refractivity contribution in [3.8, 4) is 0 Å². The fourth-order valence-corrected chi connectivity index (χ4v) is 1.76. The van der Waals surface area contributed by atoms with E-state index in [-0.39, 0.29) is 0 Å². The summed E-state index contributed by atoms with van der Waals surface area (Å²) in [6.07, 6.45) is 0.196. The molecule has 1 heteroatoms. The van der Waals surface area contributed by atoms with Crippen LogP contribution in [0, 0.1) is 0 Å². The zero-order valence-electron chi connectivity index (χ0n) is 9.48. The lowest BCUT2D eigenvalue weighted by Crippen LogP contribution is -2.10. The third-order valence-corrected chi connectivity index (χ3v) is 2.81. The predicted octanol–water partition coefficient (Wildman–Crippen LogP) is 3.32. The average Bonchev–Trinajstić information content (AvgIpc) is 2.28. The molecule has 1 N–H and O–H groups in total. The standard InChI is InChI=1S/C15H16O/c1-11(2)15(16)10-12-7-8-13-5-3-4-6-14(13)9-12/h3-9,15-16H,1,10H2,2H3. The third kappa shape index (κ3) is 2.31. The molecule has 0 aliphatic carbocycles. The van der Waals surface area contributed by atoms with Gasteiger partial charge >= 0.3 is 0 Å². The second kappa shape index (κ2) is 4.50. The van der Waals surface area contributed by atoms with E-state index in [0.29, 0.717) is 6.42 Å². The first kappa shape index (κ1) is 10.9. The summed E-state index contributed by atoms with van der Waals surface area (Å²) in [5.41, 5.74) is 1.96. The highest BCUT2D eigenvalue weighted by Crippen LogP contribution is 2.17. The maximum absolute atomic E-state index is 9.75. The Labute approximate surface area is 96.0 Å². The number of fused-ring (bicyclic) bond motifs is 1. The van der Waals surface area contributed by atoms with Crippen LogP contribution < -0.4 is 0 Å². The molecule has 0 aromatic heterocycles. The monoisotopic (exact) mass is 212 g/mol. The van der Waals surface area contributed by atoms with Gasteiger partial charge in [-0.05, 0) is 23.3 Å². The molecule has 1 nitrogen and oxygen atoms in total. The van der Waals surface area contributed by atoms with Crippen LogP contribution in [0.15, 0.2) is 54.6 Å². The summed E-state index contributed by atoms with van der Waals surface area (Å²) in [5, 5.41) is 12.2. The first-order valence-electron chi connectivity index (χ1n) is 5.48. The largest absolute Gasteiger partial charge is 0.388 e. The van der Waals surface area contributed by atoms with E-state index in [2.05, 4.69) is 36.9 Å². The van der Waals surface area contributed by atoms with Gasteiger partial charge in [0.25, 0.3) is 0 Å². The van der Waals surface area contributed by atoms with Gasteiger partial charge < -0.3 is 5.11 Å². The maximum atomic E-state index is 9.75. The Bertz CT molecular complexity index is 514. The van der Waals surface area contributed by atoms with E-state index in [4.69, 9.17) is 0 Å². The Kier molecular flexibility index (Phi) is 3.07. The number of aliphatic hydroxyl groups excluding tert-OH is 1. The van der Waals surface area contributed by atoms with Crippen molar-refractivity contribution in [1.82, 2.24) is 0 Å². The molecule has 16 heavy (non-hydrogen) atoms. The zero-order chi connectivity index (χ0) is 11.5. The van der Waals surface area contributed by atoms with Crippen LogP contribution in [-0.4, -0.2) is 11.2 Å². The van der Waals surface area contributed by atoms with Crippen molar-refractivity contribution in [1.29, 1.82) is 0 Å². The SMILES string of the molecule is C=C(C)C(O)Cc1ccc2ccccc2c1. The second-order valence-electron chi connectivity index (χ2n) is 4.25. The van der Waals surface area contributed by atoms with Crippen LogP contribution in [0.4, 0.5) is 0 Å². The lowest BCUT2D eigenvalue weighted by Gasteiger charge is -2.10. The smallest absolute Gasteiger partial charge is 0.0785 e. The van der Waals surface area contributed by atoms with Crippen molar-refractivity contribution in [2.45, 2.75) is 19.4 Å². The highest BCUT2D eigenvalue weighted by Gasteiger charge is 2.06. The molecule has 0 aliphatic heterocycles. The Morgan fingerprint density at radius 2 is 1.88 bits per heavy atom. The minimum Gasteiger partial charge on any atom is -0.388 e. The van der Waals surface area contributed by atoms with Crippen LogP contribution in [0.1, 0.15) is 12.5 Å². The molecule has 82 valence electrons. The summed E-state index contributed by atoms with van der Waals surface area (Å²) in [4.78, 5) is 0. The first-order chi connectivity index (χ1) is 7.66. The van der Waals surface area contributed by atoms with Crippen LogP contribution in [0.3, 0.4) is 0 Å². The van der Waals surface area contributed by atoms with E-state index in [9.17, 15) is 5.11 Å². The van der Waals surface area contributed by atoms with Crippen molar-refractivity contribution in [2.75, 3.05) is 0 Å². The average molecular weight is 212 g/mol. The fraction of sp³-hybridized carbons (Fsp3) is 0.200. The molecule has 2 aromatic rings. The van der Waals surface area contributed by atoms with Gasteiger partial charge in [0, 0.05) is 6.42 Å². The Balaban J connectivity index is 2.29. The van der Waals surface area contributed by atoms with Crippen molar-refractivity contribution < 1.29 is 5.11 Å². The van der Waals surface area contributed by atoms with Gasteiger partial charge in [0.05, 0.1) is 6.10 Å². The third-order valence-electron chi connectivity index (χ3n) is 2.81. The van der Waals surface area contributed by atoms with Gasteiger partial charge in [0.1, 0.15) is 0 Å². The summed E-state index contributed by atoms with van der Waals surface area (Å²) in [6, 6.07) is 14.5. The van der Waals surface area contributed by atoms with E-state index in [0.717, 1.165) is 11.1 Å². The number of rotatable bonds is 3. The number of benzene rings is 2. The van der Waals surface area contributed by atoms with Crippen molar-refractivity contribution in [3.63, 3.8) is 0 Å². The molecule has 0 aliphatic rings. The Morgan fingerprint density at radius 1 is 1.19 bits per heavy atom. The van der Waals surface area contributed by atoms with Gasteiger partial charge in [-0.1, -0.05) is 54.6 Å². The van der Waals surface area contributed by atoms with Crippen LogP contribution in [-0.2, 0) is 6.42 Å². The van der Waals surface area contributed by atoms with Crippen LogP contribution >= 0.6 is 0 Å². The lowest BCUT2D eigenvalue weighted by atomic mass is 10.0. The second-order valence-corrected chi connectivity index (χ2v) is 4.25. The minimum absolute atomic E-state index is 0.443. The molecule has 0 spiro atoms. The summed E-state index contributed by atoms with van der Waals surface area (Å²) in [7, 11) is 0. The molecule has 2 aromatic carbocycles. The molecule has 0 radical (unpaired) electrons. The van der Waals surface area contributed by atoms with Gasteiger partial charge in [-0.2, -0.15) is 0 Å². The summed E-state index contributed by atoms with van der Waals surface area (Å²) < 4.78 is 0. The van der Waals surface area contributed by atoms with Gasteiger partial charge in [-0.15, -0.1) is 0 Å². The number of hydrogen-bond acceptors (Lipinski definition) is 1. The highest BCUT2D eigenvalue weighted by molar-refractivity contribution is 5.82. The summed E-state index contributed by atoms with van der Waals surface area (Å²) >= 11 is 0. The topological polar surface area (TPSA) is 20.2 Å². The quantitative estimate of drug-likeness (QED) is 0.774. The van der Waals surface area contributed by atoms with Crippen molar-refractivity contribution in [2.24, 2.45) is 0 Å². The lowest BCUT2D eigenvalue weighted by molar-refractivity contribution is 0.212. The highest BCUT2D eigenvalue weighted by atomic mass is 16.3. The molecule has 0 bridgehead atoms. The van der Waals surface area contributed by atoms with E-state index < -0.39 is 6.10 Å². The predicted molar refractivity (Wildman–Crippen MR) is 68.5 cm³/mol. The van der Waals surface area contributed by atoms with Crippen LogP contribution in [0.5, 0.6) is 0 Å². The van der Waals surface area contributed by atoms with Crippen LogP contribution in [0.2, 0.25) is 0 Å². The molecule has 1 atom stereocenters. The minimum atomic E-state index is -0.443. The van der Waals surface area contributed by atoms with E-state index in [1.165, 1.54) is 10.8 Å². The molecule has 1 unspecified atom stereocenters. The van der Waals surface area contributed by atoms with Crippen LogP contribution in [0.25, 0.3) is 10.8 Å². The fourth-order valence-electron chi connectivity index (χ4n) is 1.76. The molecular weight excluding hydrogens is 196 g/mol. The van der Waals surface area contributed by atoms with E-state index >= 15 is 0 Å². The Morgan fingerprint density at radius 3 is 2.56 bits per heavy atom. The summed E-state index contributed by atoms with van der Waals surface area (Å²) in [6.45, 7) is 5.62. The van der Waals surface area contributed by atoms with Gasteiger partial charge in [-0.25, -0.2) is 0 Å².